The zero-order valence-corrected chi connectivity index (χ0v) is 11.7. The third-order valence-corrected chi connectivity index (χ3v) is 3.73. The van der Waals surface area contributed by atoms with Crippen LogP contribution in [0.1, 0.15) is 34.1 Å². The van der Waals surface area contributed by atoms with E-state index in [1.54, 1.807) is 24.3 Å². The molecule has 1 aromatic rings. The normalized spacial score (nSPS) is 15.8. The summed E-state index contributed by atoms with van der Waals surface area (Å²) in [5.41, 5.74) is 0.871. The van der Waals surface area contributed by atoms with Gasteiger partial charge in [-0.05, 0) is 18.1 Å². The number of carbonyl (C=O) groups is 2. The molecule has 1 atom stereocenters. The van der Waals surface area contributed by atoms with Crippen molar-refractivity contribution in [2.75, 3.05) is 12.4 Å². The number of carbonyl (C=O) groups excluding carboxylic acids is 2. The maximum absolute atomic E-state index is 12.1. The average molecular weight is 276 g/mol. The summed E-state index contributed by atoms with van der Waals surface area (Å²) in [5, 5.41) is 0. The number of benzene rings is 1. The second-order valence-corrected chi connectivity index (χ2v) is 5.04. The second-order valence-electron chi connectivity index (χ2n) is 4.67. The quantitative estimate of drug-likeness (QED) is 0.841. The maximum atomic E-state index is 12.1. The number of ether oxygens (including phenoxy) is 1. The molecular weight excluding hydrogens is 260 g/mol. The van der Waals surface area contributed by atoms with Crippen molar-refractivity contribution in [2.24, 2.45) is 5.92 Å². The zero-order chi connectivity index (χ0) is 13.8. The molecular formula is C15H16O3S. The van der Waals surface area contributed by atoms with Crippen LogP contribution in [0.2, 0.25) is 0 Å². The minimum atomic E-state index is -0.214. The molecule has 1 aliphatic rings. The predicted octanol–water partition coefficient (Wildman–Crippen LogP) is 2.92. The molecule has 0 bridgehead atoms. The van der Waals surface area contributed by atoms with Gasteiger partial charge in [0.15, 0.2) is 11.5 Å². The fraction of sp³-hybridized carbons (Fsp3) is 0.333. The summed E-state index contributed by atoms with van der Waals surface area (Å²) >= 11 is 4.19. The topological polar surface area (TPSA) is 43.4 Å². The number of rotatable bonds is 5. The highest BCUT2D eigenvalue weighted by molar-refractivity contribution is 7.80. The molecule has 100 valence electrons. The molecule has 0 aromatic heterocycles. The van der Waals surface area contributed by atoms with Crippen molar-refractivity contribution in [2.45, 2.75) is 13.3 Å². The lowest BCUT2D eigenvalue weighted by molar-refractivity contribution is 0.0875. The van der Waals surface area contributed by atoms with E-state index in [-0.39, 0.29) is 17.3 Å². The monoisotopic (exact) mass is 276 g/mol. The van der Waals surface area contributed by atoms with Crippen LogP contribution in [0.5, 0.6) is 0 Å². The SMILES string of the molecule is CC(CS)CCOC1=CC(=O)c2ccccc2C1=O. The van der Waals surface area contributed by atoms with Crippen molar-refractivity contribution in [3.63, 3.8) is 0 Å². The van der Waals surface area contributed by atoms with Gasteiger partial charge >= 0.3 is 0 Å². The van der Waals surface area contributed by atoms with E-state index in [2.05, 4.69) is 19.6 Å². The van der Waals surface area contributed by atoms with Gasteiger partial charge in [0.1, 0.15) is 0 Å². The highest BCUT2D eigenvalue weighted by atomic mass is 32.1. The summed E-state index contributed by atoms with van der Waals surface area (Å²) in [5.74, 6) is 0.958. The van der Waals surface area contributed by atoms with Gasteiger partial charge in [-0.25, -0.2) is 0 Å². The molecule has 2 rings (SSSR count). The van der Waals surface area contributed by atoms with Gasteiger partial charge in [-0.15, -0.1) is 0 Å². The minimum absolute atomic E-state index is 0.148. The van der Waals surface area contributed by atoms with Gasteiger partial charge < -0.3 is 4.74 Å². The van der Waals surface area contributed by atoms with Gasteiger partial charge in [-0.1, -0.05) is 31.2 Å². The van der Waals surface area contributed by atoms with E-state index >= 15 is 0 Å². The second kappa shape index (κ2) is 6.06. The van der Waals surface area contributed by atoms with Gasteiger partial charge in [0, 0.05) is 17.2 Å². The molecule has 4 heteroatoms. The van der Waals surface area contributed by atoms with Crippen LogP contribution in [-0.4, -0.2) is 23.9 Å². The van der Waals surface area contributed by atoms with Crippen LogP contribution < -0.4 is 0 Å². The first kappa shape index (κ1) is 13.9. The zero-order valence-electron chi connectivity index (χ0n) is 10.8. The average Bonchev–Trinajstić information content (AvgIpc) is 2.44. The number of fused-ring (bicyclic) bond motifs is 1. The Hall–Kier alpha value is -1.55. The molecule has 0 spiro atoms. The molecule has 0 saturated heterocycles. The molecule has 0 fully saturated rings. The van der Waals surface area contributed by atoms with Crippen LogP contribution in [0.3, 0.4) is 0 Å². The highest BCUT2D eigenvalue weighted by Crippen LogP contribution is 2.22. The molecule has 0 aliphatic heterocycles. The molecule has 1 aromatic carbocycles. The number of hydrogen-bond acceptors (Lipinski definition) is 4. The Kier molecular flexibility index (Phi) is 4.43. The van der Waals surface area contributed by atoms with Crippen LogP contribution in [-0.2, 0) is 4.74 Å². The Bertz CT molecular complexity index is 534. The lowest BCUT2D eigenvalue weighted by atomic mass is 9.94. The Labute approximate surface area is 118 Å². The first-order chi connectivity index (χ1) is 9.13. The molecule has 0 radical (unpaired) electrons. The summed E-state index contributed by atoms with van der Waals surface area (Å²) < 4.78 is 5.45. The first-order valence-corrected chi connectivity index (χ1v) is 6.90. The maximum Gasteiger partial charge on any atom is 0.228 e. The summed E-state index contributed by atoms with van der Waals surface area (Å²) in [6, 6.07) is 6.81. The Morgan fingerprint density at radius 3 is 2.58 bits per heavy atom. The Morgan fingerprint density at radius 2 is 1.89 bits per heavy atom. The minimum Gasteiger partial charge on any atom is -0.489 e. The number of thiol groups is 1. The third-order valence-electron chi connectivity index (χ3n) is 3.10. The molecule has 0 amide bonds. The lowest BCUT2D eigenvalue weighted by Crippen LogP contribution is -2.19. The van der Waals surface area contributed by atoms with Crippen LogP contribution in [0.15, 0.2) is 36.1 Å². The van der Waals surface area contributed by atoms with Crippen molar-refractivity contribution >= 4 is 24.2 Å². The van der Waals surface area contributed by atoms with Crippen molar-refractivity contribution in [3.05, 3.63) is 47.2 Å². The van der Waals surface area contributed by atoms with E-state index < -0.39 is 0 Å². The predicted molar refractivity (Wildman–Crippen MR) is 76.8 cm³/mol. The standard InChI is InChI=1S/C15H16O3S/c1-10(9-19)6-7-18-14-8-13(16)11-4-2-3-5-12(11)15(14)17/h2-5,8,10,19H,6-7,9H2,1H3. The smallest absolute Gasteiger partial charge is 0.228 e. The van der Waals surface area contributed by atoms with E-state index in [9.17, 15) is 9.59 Å². The number of allylic oxidation sites excluding steroid dienone is 2. The Balaban J connectivity index is 2.08. The highest BCUT2D eigenvalue weighted by Gasteiger charge is 2.26. The lowest BCUT2D eigenvalue weighted by Gasteiger charge is -2.16. The van der Waals surface area contributed by atoms with Crippen molar-refractivity contribution in [1.82, 2.24) is 0 Å². The summed E-state index contributed by atoms with van der Waals surface area (Å²) in [7, 11) is 0. The third kappa shape index (κ3) is 3.07. The molecule has 3 nitrogen and oxygen atoms in total. The molecule has 0 saturated carbocycles. The Morgan fingerprint density at radius 1 is 1.21 bits per heavy atom. The molecule has 0 heterocycles. The van der Waals surface area contributed by atoms with Gasteiger partial charge in [-0.2, -0.15) is 12.6 Å². The van der Waals surface area contributed by atoms with E-state index in [1.807, 2.05) is 0 Å². The van der Waals surface area contributed by atoms with Crippen molar-refractivity contribution in [3.8, 4) is 0 Å². The largest absolute Gasteiger partial charge is 0.489 e. The summed E-state index contributed by atoms with van der Waals surface area (Å²) in [4.78, 5) is 24.0. The summed E-state index contributed by atoms with van der Waals surface area (Å²) in [6.45, 7) is 2.49. The molecule has 19 heavy (non-hydrogen) atoms. The first-order valence-electron chi connectivity index (χ1n) is 6.27. The van der Waals surface area contributed by atoms with Crippen molar-refractivity contribution in [1.29, 1.82) is 0 Å². The van der Waals surface area contributed by atoms with E-state index in [0.717, 1.165) is 12.2 Å². The van der Waals surface area contributed by atoms with Gasteiger partial charge in [-0.3, -0.25) is 9.59 Å². The van der Waals surface area contributed by atoms with E-state index in [1.165, 1.54) is 6.08 Å². The van der Waals surface area contributed by atoms with Crippen molar-refractivity contribution < 1.29 is 14.3 Å². The van der Waals surface area contributed by atoms with Crippen LogP contribution in [0.4, 0.5) is 0 Å². The molecule has 1 aliphatic carbocycles. The van der Waals surface area contributed by atoms with E-state index in [0.29, 0.717) is 23.7 Å². The van der Waals surface area contributed by atoms with Gasteiger partial charge in [0.25, 0.3) is 0 Å². The van der Waals surface area contributed by atoms with Crippen LogP contribution >= 0.6 is 12.6 Å². The van der Waals surface area contributed by atoms with Gasteiger partial charge in [0.05, 0.1) is 6.61 Å². The molecule has 1 unspecified atom stereocenters. The number of Topliss-reactive ketones (excluding diaryl/α,β-unsaturated/α-hetero) is 1. The number of ketones is 2. The fourth-order valence-electron chi connectivity index (χ4n) is 1.86. The molecule has 0 N–H and O–H groups in total. The van der Waals surface area contributed by atoms with Gasteiger partial charge in [0.2, 0.25) is 5.78 Å². The number of hydrogen-bond donors (Lipinski definition) is 1. The van der Waals surface area contributed by atoms with Crippen LogP contribution in [0.25, 0.3) is 0 Å². The fourth-order valence-corrected chi connectivity index (χ4v) is 2.04. The van der Waals surface area contributed by atoms with Crippen LogP contribution in [0, 0.1) is 5.92 Å². The summed E-state index contributed by atoms with van der Waals surface area (Å²) in [6.07, 6.45) is 2.10. The van der Waals surface area contributed by atoms with E-state index in [4.69, 9.17) is 4.74 Å².